The summed E-state index contributed by atoms with van der Waals surface area (Å²) >= 11 is 0. The second kappa shape index (κ2) is 12.1. The number of ether oxygens (including phenoxy) is 1. The van der Waals surface area contributed by atoms with Gasteiger partial charge in [0.05, 0.1) is 18.4 Å². The number of phenolic OH excluding ortho intramolecular Hbond substituents is 1. The molecule has 0 aromatic heterocycles. The zero-order chi connectivity index (χ0) is 24.8. The SMILES string of the molecule is C.COc1ccc(NC(=O)c2cc(O)ccc2NC(=O)c2ccc(N3CCCN(C)CC3)cc2)cc1. The number of likely N-dealkylation sites (N-methyl/N-ethyl adjacent to an activating group) is 1. The Bertz CT molecular complexity index is 1180. The van der Waals surface area contributed by atoms with Crippen LogP contribution in [0.2, 0.25) is 0 Å². The van der Waals surface area contributed by atoms with E-state index in [1.165, 1.54) is 18.2 Å². The molecule has 1 heterocycles. The van der Waals surface area contributed by atoms with Gasteiger partial charge in [0.25, 0.3) is 11.8 Å². The first-order chi connectivity index (χ1) is 16.9. The van der Waals surface area contributed by atoms with Crippen molar-refractivity contribution in [2.75, 3.05) is 55.9 Å². The van der Waals surface area contributed by atoms with Gasteiger partial charge in [-0.05, 0) is 86.7 Å². The number of nitrogens with zero attached hydrogens (tertiary/aromatic N) is 2. The van der Waals surface area contributed by atoms with Gasteiger partial charge in [-0.1, -0.05) is 7.43 Å². The van der Waals surface area contributed by atoms with E-state index in [4.69, 9.17) is 4.74 Å². The number of carbonyl (C=O) groups is 2. The number of hydrogen-bond donors (Lipinski definition) is 3. The normalized spacial score (nSPS) is 13.8. The Hall–Kier alpha value is -4.04. The van der Waals surface area contributed by atoms with E-state index in [0.29, 0.717) is 22.7 Å². The molecule has 2 amide bonds. The fourth-order valence-electron chi connectivity index (χ4n) is 4.02. The smallest absolute Gasteiger partial charge is 0.257 e. The van der Waals surface area contributed by atoms with E-state index in [9.17, 15) is 14.7 Å². The average molecular weight is 491 g/mol. The Balaban J connectivity index is 0.00000361. The molecule has 1 aliphatic rings. The van der Waals surface area contributed by atoms with Crippen LogP contribution in [0.3, 0.4) is 0 Å². The lowest BCUT2D eigenvalue weighted by Crippen LogP contribution is -2.28. The largest absolute Gasteiger partial charge is 0.508 e. The van der Waals surface area contributed by atoms with Gasteiger partial charge in [-0.25, -0.2) is 0 Å². The number of carbonyl (C=O) groups excluding carboxylic acids is 2. The van der Waals surface area contributed by atoms with Gasteiger partial charge in [0.2, 0.25) is 0 Å². The molecule has 3 N–H and O–H groups in total. The summed E-state index contributed by atoms with van der Waals surface area (Å²) < 4.78 is 5.13. The Morgan fingerprint density at radius 3 is 2.28 bits per heavy atom. The highest BCUT2D eigenvalue weighted by atomic mass is 16.5. The third-order valence-electron chi connectivity index (χ3n) is 6.06. The molecule has 1 saturated heterocycles. The predicted molar refractivity (Wildman–Crippen MR) is 145 cm³/mol. The lowest BCUT2D eigenvalue weighted by Gasteiger charge is -2.23. The molecule has 0 radical (unpaired) electrons. The summed E-state index contributed by atoms with van der Waals surface area (Å²) in [6, 6.07) is 18.6. The molecule has 8 nitrogen and oxygen atoms in total. The summed E-state index contributed by atoms with van der Waals surface area (Å²) in [6.45, 7) is 4.01. The zero-order valence-corrected chi connectivity index (χ0v) is 20.0. The minimum absolute atomic E-state index is 0. The van der Waals surface area contributed by atoms with E-state index in [0.717, 1.165) is 38.3 Å². The molecule has 3 aromatic carbocycles. The van der Waals surface area contributed by atoms with Gasteiger partial charge in [0.1, 0.15) is 11.5 Å². The van der Waals surface area contributed by atoms with Crippen molar-refractivity contribution in [2.24, 2.45) is 0 Å². The Labute approximate surface area is 212 Å². The van der Waals surface area contributed by atoms with Gasteiger partial charge in [0.15, 0.2) is 0 Å². The minimum atomic E-state index is -0.456. The molecule has 8 heteroatoms. The highest BCUT2D eigenvalue weighted by Crippen LogP contribution is 2.25. The number of anilines is 3. The monoisotopic (exact) mass is 490 g/mol. The second-order valence-corrected chi connectivity index (χ2v) is 8.56. The van der Waals surface area contributed by atoms with E-state index in [2.05, 4.69) is 27.5 Å². The maximum atomic E-state index is 12.9. The number of phenols is 1. The maximum absolute atomic E-state index is 12.9. The first kappa shape index (κ1) is 26.6. The zero-order valence-electron chi connectivity index (χ0n) is 20.0. The molecule has 0 bridgehead atoms. The number of hydrogen-bond acceptors (Lipinski definition) is 6. The molecule has 0 atom stereocenters. The summed E-state index contributed by atoms with van der Waals surface area (Å²) in [7, 11) is 3.70. The van der Waals surface area contributed by atoms with Crippen molar-refractivity contribution in [3.05, 3.63) is 77.9 Å². The van der Waals surface area contributed by atoms with E-state index in [1.54, 1.807) is 43.5 Å². The van der Waals surface area contributed by atoms with Crippen LogP contribution in [0.25, 0.3) is 0 Å². The standard InChI is InChI=1S/C27H30N4O4.CH4/c1-30-14-3-15-31(17-16-30)21-8-4-19(5-9-21)26(33)29-25-13-10-22(32)18-24(25)27(34)28-20-6-11-23(35-2)12-7-20;/h4-13,18,32H,3,14-17H2,1-2H3,(H,28,34)(H,29,33);1H4. The topological polar surface area (TPSA) is 94.1 Å². The Morgan fingerprint density at radius 1 is 0.861 bits per heavy atom. The molecule has 4 rings (SSSR count). The number of aromatic hydroxyl groups is 1. The van der Waals surface area contributed by atoms with E-state index < -0.39 is 5.91 Å². The van der Waals surface area contributed by atoms with Crippen LogP contribution < -0.4 is 20.3 Å². The summed E-state index contributed by atoms with van der Waals surface area (Å²) in [4.78, 5) is 30.5. The van der Waals surface area contributed by atoms with Crippen molar-refractivity contribution in [3.8, 4) is 11.5 Å². The van der Waals surface area contributed by atoms with E-state index in [-0.39, 0.29) is 24.6 Å². The molecule has 36 heavy (non-hydrogen) atoms. The molecule has 0 spiro atoms. The number of amides is 2. The lowest BCUT2D eigenvalue weighted by molar-refractivity contribution is 0.102. The van der Waals surface area contributed by atoms with Crippen molar-refractivity contribution >= 4 is 28.9 Å². The maximum Gasteiger partial charge on any atom is 0.257 e. The van der Waals surface area contributed by atoms with Gasteiger partial charge in [-0.15, -0.1) is 0 Å². The molecule has 0 saturated carbocycles. The van der Waals surface area contributed by atoms with Crippen molar-refractivity contribution in [3.63, 3.8) is 0 Å². The van der Waals surface area contributed by atoms with E-state index >= 15 is 0 Å². The second-order valence-electron chi connectivity index (χ2n) is 8.56. The Kier molecular flexibility index (Phi) is 8.91. The van der Waals surface area contributed by atoms with Crippen LogP contribution in [-0.2, 0) is 0 Å². The van der Waals surface area contributed by atoms with Crippen LogP contribution in [0.4, 0.5) is 17.1 Å². The van der Waals surface area contributed by atoms with E-state index in [1.807, 2.05) is 12.1 Å². The number of methoxy groups -OCH3 is 1. The Morgan fingerprint density at radius 2 is 1.58 bits per heavy atom. The first-order valence-corrected chi connectivity index (χ1v) is 11.6. The number of rotatable bonds is 6. The molecular formula is C28H34N4O4. The van der Waals surface area contributed by atoms with Crippen LogP contribution in [0.15, 0.2) is 66.7 Å². The first-order valence-electron chi connectivity index (χ1n) is 11.6. The lowest BCUT2D eigenvalue weighted by atomic mass is 10.1. The predicted octanol–water partition coefficient (Wildman–Crippen LogP) is 4.68. The fourth-order valence-corrected chi connectivity index (χ4v) is 4.02. The van der Waals surface area contributed by atoms with Gasteiger partial charge >= 0.3 is 0 Å². The molecule has 1 aliphatic heterocycles. The molecule has 0 unspecified atom stereocenters. The van der Waals surface area contributed by atoms with Gasteiger partial charge in [0, 0.05) is 36.6 Å². The average Bonchev–Trinajstić information content (AvgIpc) is 3.10. The summed E-state index contributed by atoms with van der Waals surface area (Å²) in [5, 5.41) is 15.5. The van der Waals surface area contributed by atoms with Gasteiger partial charge in [-0.2, -0.15) is 0 Å². The van der Waals surface area contributed by atoms with Crippen LogP contribution in [0, 0.1) is 0 Å². The van der Waals surface area contributed by atoms with Crippen LogP contribution >= 0.6 is 0 Å². The quantitative estimate of drug-likeness (QED) is 0.434. The number of benzene rings is 3. The van der Waals surface area contributed by atoms with Gasteiger partial charge < -0.3 is 30.3 Å². The van der Waals surface area contributed by atoms with Gasteiger partial charge in [-0.3, -0.25) is 9.59 Å². The highest BCUT2D eigenvalue weighted by molar-refractivity contribution is 6.12. The number of nitrogens with one attached hydrogen (secondary N) is 2. The van der Waals surface area contributed by atoms with Crippen LogP contribution in [0.1, 0.15) is 34.6 Å². The third kappa shape index (κ3) is 6.55. The molecule has 3 aromatic rings. The third-order valence-corrected chi connectivity index (χ3v) is 6.06. The van der Waals surface area contributed by atoms with Crippen LogP contribution in [-0.4, -0.2) is 62.2 Å². The van der Waals surface area contributed by atoms with Crippen molar-refractivity contribution in [2.45, 2.75) is 13.8 Å². The molecular weight excluding hydrogens is 456 g/mol. The minimum Gasteiger partial charge on any atom is -0.508 e. The summed E-state index contributed by atoms with van der Waals surface area (Å²) in [6.07, 6.45) is 1.10. The summed E-state index contributed by atoms with van der Waals surface area (Å²) in [5.74, 6) is -0.197. The molecule has 0 aliphatic carbocycles. The van der Waals surface area contributed by atoms with Crippen LogP contribution in [0.5, 0.6) is 11.5 Å². The van der Waals surface area contributed by atoms with Crippen molar-refractivity contribution in [1.82, 2.24) is 4.90 Å². The fraction of sp³-hybridized carbons (Fsp3) is 0.286. The van der Waals surface area contributed by atoms with Crippen molar-refractivity contribution < 1.29 is 19.4 Å². The molecule has 190 valence electrons. The van der Waals surface area contributed by atoms with Crippen molar-refractivity contribution in [1.29, 1.82) is 0 Å². The highest BCUT2D eigenvalue weighted by Gasteiger charge is 2.17. The summed E-state index contributed by atoms with van der Waals surface area (Å²) in [5.41, 5.74) is 2.58. The molecule has 1 fully saturated rings.